The number of hydrogen-bond donors (Lipinski definition) is 1. The fourth-order valence-electron chi connectivity index (χ4n) is 4.78. The number of fused-ring (bicyclic) bond motifs is 2. The normalized spacial score (nSPS) is 26.4. The topological polar surface area (TPSA) is 95.5 Å². The number of carboxylic acids is 1. The van der Waals surface area contributed by atoms with Crippen LogP contribution < -0.4 is 10.4 Å². The maximum atomic E-state index is 13.0. The van der Waals surface area contributed by atoms with Crippen molar-refractivity contribution in [2.45, 2.75) is 59.5 Å². The van der Waals surface area contributed by atoms with Gasteiger partial charge in [-0.3, -0.25) is 4.79 Å². The van der Waals surface area contributed by atoms with Crippen LogP contribution in [0.4, 0.5) is 5.00 Å². The molecule has 27 heavy (non-hydrogen) atoms. The van der Waals surface area contributed by atoms with Crippen molar-refractivity contribution in [1.82, 2.24) is 0 Å². The Morgan fingerprint density at radius 1 is 1.22 bits per heavy atom. The molecule has 4 atom stereocenters. The second-order valence-corrected chi connectivity index (χ2v) is 9.07. The number of esters is 1. The van der Waals surface area contributed by atoms with E-state index in [9.17, 15) is 19.5 Å². The summed E-state index contributed by atoms with van der Waals surface area (Å²) in [7, 11) is 0. The summed E-state index contributed by atoms with van der Waals surface area (Å²) in [5, 5.41) is 14.9. The molecule has 0 unspecified atom stereocenters. The lowest BCUT2D eigenvalue weighted by atomic mass is 9.79. The molecule has 1 aromatic rings. The first-order valence-electron chi connectivity index (χ1n) is 9.59. The number of carbonyl (C=O) groups is 3. The monoisotopic (exact) mass is 392 g/mol. The van der Waals surface area contributed by atoms with Crippen molar-refractivity contribution in [3.05, 3.63) is 16.0 Å². The minimum Gasteiger partial charge on any atom is -0.550 e. The number of carboxylic acid groups (broad SMARTS) is 1. The van der Waals surface area contributed by atoms with Crippen molar-refractivity contribution in [3.63, 3.8) is 0 Å². The molecule has 2 aliphatic carbocycles. The Bertz CT molecular complexity index is 769. The van der Waals surface area contributed by atoms with E-state index < -0.39 is 23.8 Å². The number of hydrogen-bond acceptors (Lipinski definition) is 6. The Kier molecular flexibility index (Phi) is 5.60. The van der Waals surface area contributed by atoms with Crippen molar-refractivity contribution in [1.29, 1.82) is 0 Å². The molecule has 0 aromatic carbocycles. The molecule has 3 rings (SSSR count). The number of ether oxygens (including phenoxy) is 1. The molecule has 1 heterocycles. The number of rotatable bonds is 6. The van der Waals surface area contributed by atoms with Crippen LogP contribution in [0.5, 0.6) is 0 Å². The molecule has 1 amide bonds. The average molecular weight is 392 g/mol. The maximum Gasteiger partial charge on any atom is 0.341 e. The maximum absolute atomic E-state index is 13.0. The molecule has 2 fully saturated rings. The molecule has 148 valence electrons. The SMILES string of the molecule is CCc1c(C)sc(NC(=O)[C@@H]2[C@@H]3CC[C@H](C3)[C@@H]2C(=O)[O-])c1C(=O)OC(C)C. The zero-order valence-corrected chi connectivity index (χ0v) is 17.0. The summed E-state index contributed by atoms with van der Waals surface area (Å²) in [5.41, 5.74) is 1.26. The summed E-state index contributed by atoms with van der Waals surface area (Å²) in [6.07, 6.45) is 2.87. The minimum atomic E-state index is -1.14. The van der Waals surface area contributed by atoms with E-state index in [-0.39, 0.29) is 23.8 Å². The summed E-state index contributed by atoms with van der Waals surface area (Å²) in [5.74, 6) is -3.13. The Morgan fingerprint density at radius 3 is 2.41 bits per heavy atom. The van der Waals surface area contributed by atoms with Gasteiger partial charge >= 0.3 is 5.97 Å². The number of thiophene rings is 1. The van der Waals surface area contributed by atoms with Crippen molar-refractivity contribution >= 4 is 34.2 Å². The minimum absolute atomic E-state index is 0.0254. The van der Waals surface area contributed by atoms with Gasteiger partial charge in [0.15, 0.2) is 0 Å². The number of aryl methyl sites for hydroxylation is 1. The van der Waals surface area contributed by atoms with Crippen LogP contribution in [0.2, 0.25) is 0 Å². The number of carbonyl (C=O) groups excluding carboxylic acids is 3. The third-order valence-electron chi connectivity index (χ3n) is 5.84. The number of nitrogens with one attached hydrogen (secondary N) is 1. The molecule has 2 saturated carbocycles. The number of aliphatic carboxylic acids is 1. The quantitative estimate of drug-likeness (QED) is 0.751. The smallest absolute Gasteiger partial charge is 0.341 e. The van der Waals surface area contributed by atoms with Crippen molar-refractivity contribution < 1.29 is 24.2 Å². The molecule has 1 N–H and O–H groups in total. The first-order chi connectivity index (χ1) is 12.7. The first kappa shape index (κ1) is 19.9. The first-order valence-corrected chi connectivity index (χ1v) is 10.4. The third-order valence-corrected chi connectivity index (χ3v) is 6.90. The van der Waals surface area contributed by atoms with E-state index >= 15 is 0 Å². The van der Waals surface area contributed by atoms with E-state index in [1.807, 2.05) is 13.8 Å². The number of amides is 1. The Morgan fingerprint density at radius 2 is 1.85 bits per heavy atom. The van der Waals surface area contributed by atoms with Crippen LogP contribution in [0.1, 0.15) is 60.8 Å². The standard InChI is InChI=1S/C20H27NO5S/c1-5-13-10(4)27-18(16(13)20(25)26-9(2)3)21-17(22)14-11-6-7-12(8-11)15(14)19(23)24/h9,11-12,14-15H,5-8H2,1-4H3,(H,21,22)(H,23,24)/p-1/t11-,12-,14-,15+/m1/s1. The Balaban J connectivity index is 1.88. The van der Waals surface area contributed by atoms with Gasteiger partial charge in [-0.15, -0.1) is 11.3 Å². The lowest BCUT2D eigenvalue weighted by Gasteiger charge is -2.30. The summed E-state index contributed by atoms with van der Waals surface area (Å²) in [6, 6.07) is 0. The van der Waals surface area contributed by atoms with Crippen molar-refractivity contribution in [2.24, 2.45) is 23.7 Å². The van der Waals surface area contributed by atoms with Gasteiger partial charge in [0.25, 0.3) is 0 Å². The van der Waals surface area contributed by atoms with Crippen LogP contribution in [-0.4, -0.2) is 23.9 Å². The zero-order chi connectivity index (χ0) is 19.9. The molecular formula is C20H26NO5S-. The Labute approximate surface area is 163 Å². The molecule has 0 spiro atoms. The molecule has 7 heteroatoms. The largest absolute Gasteiger partial charge is 0.550 e. The van der Waals surface area contributed by atoms with Gasteiger partial charge in [0.2, 0.25) is 5.91 Å². The highest BCUT2D eigenvalue weighted by Gasteiger charge is 2.51. The summed E-state index contributed by atoms with van der Waals surface area (Å²) < 4.78 is 5.36. The second kappa shape index (κ2) is 7.62. The summed E-state index contributed by atoms with van der Waals surface area (Å²) in [6.45, 7) is 7.42. The lowest BCUT2D eigenvalue weighted by Crippen LogP contribution is -2.44. The van der Waals surface area contributed by atoms with E-state index in [2.05, 4.69) is 5.32 Å². The highest BCUT2D eigenvalue weighted by Crippen LogP contribution is 2.52. The fraction of sp³-hybridized carbons (Fsp3) is 0.650. The lowest BCUT2D eigenvalue weighted by molar-refractivity contribution is -0.314. The van der Waals surface area contributed by atoms with Gasteiger partial charge in [0, 0.05) is 22.7 Å². The van der Waals surface area contributed by atoms with Gasteiger partial charge in [-0.05, 0) is 63.9 Å². The summed E-state index contributed by atoms with van der Waals surface area (Å²) >= 11 is 1.34. The van der Waals surface area contributed by atoms with E-state index in [1.54, 1.807) is 13.8 Å². The van der Waals surface area contributed by atoms with E-state index in [1.165, 1.54) is 11.3 Å². The molecular weight excluding hydrogens is 366 g/mol. The fourth-order valence-corrected chi connectivity index (χ4v) is 5.92. The van der Waals surface area contributed by atoms with Crippen LogP contribution >= 0.6 is 11.3 Å². The second-order valence-electron chi connectivity index (χ2n) is 7.84. The Hall–Kier alpha value is -1.89. The molecule has 0 aliphatic heterocycles. The molecule has 1 aromatic heterocycles. The van der Waals surface area contributed by atoms with Crippen LogP contribution in [0, 0.1) is 30.6 Å². The van der Waals surface area contributed by atoms with Gasteiger partial charge in [-0.1, -0.05) is 6.92 Å². The van der Waals surface area contributed by atoms with Crippen LogP contribution in [0.15, 0.2) is 0 Å². The summed E-state index contributed by atoms with van der Waals surface area (Å²) in [4.78, 5) is 38.1. The predicted molar refractivity (Wildman–Crippen MR) is 100 cm³/mol. The van der Waals surface area contributed by atoms with Gasteiger partial charge in [-0.2, -0.15) is 0 Å². The van der Waals surface area contributed by atoms with E-state index in [4.69, 9.17) is 4.74 Å². The zero-order valence-electron chi connectivity index (χ0n) is 16.2. The third kappa shape index (κ3) is 3.61. The molecule has 6 nitrogen and oxygen atoms in total. The van der Waals surface area contributed by atoms with Gasteiger partial charge in [-0.25, -0.2) is 4.79 Å². The van der Waals surface area contributed by atoms with E-state index in [0.717, 1.165) is 29.7 Å². The number of anilines is 1. The molecule has 0 radical (unpaired) electrons. The van der Waals surface area contributed by atoms with Crippen molar-refractivity contribution in [3.8, 4) is 0 Å². The van der Waals surface area contributed by atoms with Gasteiger partial charge in [0.05, 0.1) is 11.7 Å². The van der Waals surface area contributed by atoms with Gasteiger partial charge < -0.3 is 20.0 Å². The molecule has 2 aliphatic rings. The van der Waals surface area contributed by atoms with Crippen LogP contribution in [-0.2, 0) is 20.7 Å². The van der Waals surface area contributed by atoms with E-state index in [0.29, 0.717) is 17.0 Å². The van der Waals surface area contributed by atoms with Gasteiger partial charge in [0.1, 0.15) is 5.00 Å². The highest BCUT2D eigenvalue weighted by molar-refractivity contribution is 7.16. The molecule has 2 bridgehead atoms. The highest BCUT2D eigenvalue weighted by atomic mass is 32.1. The van der Waals surface area contributed by atoms with Crippen LogP contribution in [0.3, 0.4) is 0 Å². The molecule has 0 saturated heterocycles. The van der Waals surface area contributed by atoms with Crippen molar-refractivity contribution in [2.75, 3.05) is 5.32 Å². The predicted octanol–water partition coefficient (Wildman–Crippen LogP) is 2.53. The average Bonchev–Trinajstić information content (AvgIpc) is 3.25. The van der Waals surface area contributed by atoms with Crippen LogP contribution in [0.25, 0.3) is 0 Å².